The number of phenolic OH excluding ortho intramolecular Hbond substituents is 1. The van der Waals surface area contributed by atoms with Crippen molar-refractivity contribution in [1.82, 2.24) is 9.97 Å². The Kier molecular flexibility index (Phi) is 3.58. The van der Waals surface area contributed by atoms with Crippen molar-refractivity contribution >= 4 is 21.7 Å². The zero-order chi connectivity index (χ0) is 18.2. The van der Waals surface area contributed by atoms with Gasteiger partial charge in [-0.05, 0) is 22.9 Å². The Bertz CT molecular complexity index is 1280. The van der Waals surface area contributed by atoms with Gasteiger partial charge < -0.3 is 5.11 Å². The SMILES string of the molecule is Oc1ccc2ccccc2c1-c1nc(-c2ccccc2)nc2ccccc12. The van der Waals surface area contributed by atoms with E-state index >= 15 is 0 Å². The lowest BCUT2D eigenvalue weighted by molar-refractivity contribution is 0.478. The molecule has 1 heterocycles. The summed E-state index contributed by atoms with van der Waals surface area (Å²) in [6.07, 6.45) is 0. The molecular formula is C24H16N2O. The third-order valence-electron chi connectivity index (χ3n) is 4.78. The minimum absolute atomic E-state index is 0.219. The van der Waals surface area contributed by atoms with E-state index in [0.717, 1.165) is 38.5 Å². The molecule has 5 rings (SSSR count). The number of para-hydroxylation sites is 1. The van der Waals surface area contributed by atoms with E-state index in [1.807, 2.05) is 84.9 Å². The highest BCUT2D eigenvalue weighted by atomic mass is 16.3. The fraction of sp³-hybridized carbons (Fsp3) is 0. The van der Waals surface area contributed by atoms with E-state index in [1.54, 1.807) is 6.07 Å². The van der Waals surface area contributed by atoms with Gasteiger partial charge in [0, 0.05) is 10.9 Å². The van der Waals surface area contributed by atoms with E-state index < -0.39 is 0 Å². The molecule has 3 nitrogen and oxygen atoms in total. The zero-order valence-electron chi connectivity index (χ0n) is 14.5. The number of aromatic nitrogens is 2. The van der Waals surface area contributed by atoms with Crippen LogP contribution < -0.4 is 0 Å². The van der Waals surface area contributed by atoms with Crippen molar-refractivity contribution in [3.8, 4) is 28.4 Å². The summed E-state index contributed by atoms with van der Waals surface area (Å²) in [5.41, 5.74) is 3.29. The van der Waals surface area contributed by atoms with Crippen molar-refractivity contribution in [2.45, 2.75) is 0 Å². The predicted molar refractivity (Wildman–Crippen MR) is 110 cm³/mol. The van der Waals surface area contributed by atoms with Crippen molar-refractivity contribution in [2.24, 2.45) is 0 Å². The maximum atomic E-state index is 10.7. The summed E-state index contributed by atoms with van der Waals surface area (Å²) in [5, 5.41) is 13.7. The lowest BCUT2D eigenvalue weighted by atomic mass is 9.98. The predicted octanol–water partition coefficient (Wildman–Crippen LogP) is 5.82. The lowest BCUT2D eigenvalue weighted by Crippen LogP contribution is -1.96. The molecule has 0 saturated carbocycles. The van der Waals surface area contributed by atoms with Crippen LogP contribution in [0, 0.1) is 0 Å². The summed E-state index contributed by atoms with van der Waals surface area (Å²) in [7, 11) is 0. The molecular weight excluding hydrogens is 332 g/mol. The highest BCUT2D eigenvalue weighted by molar-refractivity contribution is 6.05. The molecule has 0 amide bonds. The lowest BCUT2D eigenvalue weighted by Gasteiger charge is -2.13. The standard InChI is InChI=1S/C24H16N2O/c27-21-15-14-16-8-4-5-11-18(16)22(21)23-19-12-6-7-13-20(19)25-24(26-23)17-9-2-1-3-10-17/h1-15,27H. The van der Waals surface area contributed by atoms with Crippen LogP contribution >= 0.6 is 0 Å². The number of rotatable bonds is 2. The van der Waals surface area contributed by atoms with Gasteiger partial charge in [0.25, 0.3) is 0 Å². The van der Waals surface area contributed by atoms with Gasteiger partial charge in [-0.2, -0.15) is 0 Å². The molecule has 0 saturated heterocycles. The Balaban J connectivity index is 1.90. The van der Waals surface area contributed by atoms with Gasteiger partial charge in [-0.1, -0.05) is 78.9 Å². The highest BCUT2D eigenvalue weighted by Gasteiger charge is 2.16. The van der Waals surface area contributed by atoms with Crippen LogP contribution in [0.2, 0.25) is 0 Å². The molecule has 27 heavy (non-hydrogen) atoms. The molecule has 0 aliphatic carbocycles. The Hall–Kier alpha value is -3.72. The van der Waals surface area contributed by atoms with Gasteiger partial charge in [0.15, 0.2) is 5.82 Å². The third kappa shape index (κ3) is 2.61. The van der Waals surface area contributed by atoms with E-state index in [-0.39, 0.29) is 5.75 Å². The maximum absolute atomic E-state index is 10.7. The van der Waals surface area contributed by atoms with Crippen molar-refractivity contribution in [2.75, 3.05) is 0 Å². The van der Waals surface area contributed by atoms with Crippen molar-refractivity contribution in [3.63, 3.8) is 0 Å². The fourth-order valence-electron chi connectivity index (χ4n) is 3.49. The first-order valence-corrected chi connectivity index (χ1v) is 8.84. The van der Waals surface area contributed by atoms with Crippen LogP contribution in [0.15, 0.2) is 91.0 Å². The first-order valence-electron chi connectivity index (χ1n) is 8.84. The van der Waals surface area contributed by atoms with Gasteiger partial charge in [0.1, 0.15) is 5.75 Å². The summed E-state index contributed by atoms with van der Waals surface area (Å²) >= 11 is 0. The van der Waals surface area contributed by atoms with Crippen LogP contribution in [0.1, 0.15) is 0 Å². The first kappa shape index (κ1) is 15.5. The van der Waals surface area contributed by atoms with Crippen LogP contribution in [0.4, 0.5) is 0 Å². The van der Waals surface area contributed by atoms with Crippen LogP contribution in [-0.2, 0) is 0 Å². The minimum atomic E-state index is 0.219. The van der Waals surface area contributed by atoms with E-state index in [4.69, 9.17) is 9.97 Å². The Labute approximate surface area is 156 Å². The van der Waals surface area contributed by atoms with Gasteiger partial charge >= 0.3 is 0 Å². The van der Waals surface area contributed by atoms with Crippen LogP contribution in [0.25, 0.3) is 44.3 Å². The van der Waals surface area contributed by atoms with E-state index in [9.17, 15) is 5.11 Å². The third-order valence-corrected chi connectivity index (χ3v) is 4.78. The van der Waals surface area contributed by atoms with Gasteiger partial charge in [-0.15, -0.1) is 0 Å². The molecule has 0 radical (unpaired) electrons. The van der Waals surface area contributed by atoms with Crippen LogP contribution in [0.5, 0.6) is 5.75 Å². The molecule has 5 aromatic rings. The second kappa shape index (κ2) is 6.22. The number of hydrogen-bond acceptors (Lipinski definition) is 3. The average Bonchev–Trinajstić information content (AvgIpc) is 2.74. The summed E-state index contributed by atoms with van der Waals surface area (Å²) in [4.78, 5) is 9.63. The quantitative estimate of drug-likeness (QED) is 0.437. The highest BCUT2D eigenvalue weighted by Crippen LogP contribution is 2.39. The molecule has 128 valence electrons. The largest absolute Gasteiger partial charge is 0.507 e. The Morgan fingerprint density at radius 2 is 1.30 bits per heavy atom. The maximum Gasteiger partial charge on any atom is 0.160 e. The molecule has 0 aliphatic heterocycles. The first-order chi connectivity index (χ1) is 13.3. The topological polar surface area (TPSA) is 46.0 Å². The molecule has 0 aliphatic rings. The molecule has 0 unspecified atom stereocenters. The second-order valence-electron chi connectivity index (χ2n) is 6.46. The average molecular weight is 348 g/mol. The van der Waals surface area contributed by atoms with Crippen molar-refractivity contribution < 1.29 is 5.11 Å². The molecule has 1 aromatic heterocycles. The summed E-state index contributed by atoms with van der Waals surface area (Å²) < 4.78 is 0. The smallest absolute Gasteiger partial charge is 0.160 e. The Morgan fingerprint density at radius 3 is 2.15 bits per heavy atom. The number of hydrogen-bond donors (Lipinski definition) is 1. The van der Waals surface area contributed by atoms with Crippen molar-refractivity contribution in [1.29, 1.82) is 0 Å². The molecule has 0 bridgehead atoms. The summed E-state index contributed by atoms with van der Waals surface area (Å²) in [6.45, 7) is 0. The number of fused-ring (bicyclic) bond motifs is 2. The molecule has 0 fully saturated rings. The minimum Gasteiger partial charge on any atom is -0.507 e. The van der Waals surface area contributed by atoms with Crippen LogP contribution in [0.3, 0.4) is 0 Å². The molecule has 0 spiro atoms. The number of benzene rings is 4. The number of aromatic hydroxyl groups is 1. The Morgan fingerprint density at radius 1 is 0.593 bits per heavy atom. The van der Waals surface area contributed by atoms with E-state index in [2.05, 4.69) is 0 Å². The fourth-order valence-corrected chi connectivity index (χ4v) is 3.49. The second-order valence-corrected chi connectivity index (χ2v) is 6.46. The van der Waals surface area contributed by atoms with Gasteiger partial charge in [-0.3, -0.25) is 0 Å². The molecule has 1 N–H and O–H groups in total. The summed E-state index contributed by atoms with van der Waals surface area (Å²) in [5.74, 6) is 0.869. The number of phenols is 1. The normalized spacial score (nSPS) is 11.1. The zero-order valence-corrected chi connectivity index (χ0v) is 14.5. The van der Waals surface area contributed by atoms with Gasteiger partial charge in [0.05, 0.1) is 16.8 Å². The van der Waals surface area contributed by atoms with E-state index in [1.165, 1.54) is 0 Å². The van der Waals surface area contributed by atoms with Crippen molar-refractivity contribution in [3.05, 3.63) is 91.0 Å². The number of nitrogens with zero attached hydrogens (tertiary/aromatic N) is 2. The van der Waals surface area contributed by atoms with Gasteiger partial charge in [0.2, 0.25) is 0 Å². The molecule has 0 atom stereocenters. The van der Waals surface area contributed by atoms with Gasteiger partial charge in [-0.25, -0.2) is 9.97 Å². The molecule has 3 heteroatoms. The van der Waals surface area contributed by atoms with E-state index in [0.29, 0.717) is 5.82 Å². The molecule has 4 aromatic carbocycles. The van der Waals surface area contributed by atoms with Crippen LogP contribution in [-0.4, -0.2) is 15.1 Å². The summed E-state index contributed by atoms with van der Waals surface area (Å²) in [6, 6.07) is 29.5. The monoisotopic (exact) mass is 348 g/mol.